The van der Waals surface area contributed by atoms with Gasteiger partial charge in [0, 0.05) is 50.3 Å². The summed E-state index contributed by atoms with van der Waals surface area (Å²) in [5.41, 5.74) is 10.1. The molecule has 1 aromatic heterocycles. The van der Waals surface area contributed by atoms with E-state index in [9.17, 15) is 0 Å². The minimum Gasteiger partial charge on any atom is -0.378 e. The fraction of sp³-hybridized carbons (Fsp3) is 0.412. The average molecular weight is 301 g/mol. The smallest absolute Gasteiger partial charge is 0.0474 e. The number of anilines is 1. The van der Waals surface area contributed by atoms with Gasteiger partial charge in [-0.15, -0.1) is 11.3 Å². The zero-order chi connectivity index (χ0) is 14.8. The maximum absolute atomic E-state index is 6.08. The predicted octanol–water partition coefficient (Wildman–Crippen LogP) is 2.87. The van der Waals surface area contributed by atoms with E-state index in [0.717, 1.165) is 19.5 Å². The number of hydrogen-bond acceptors (Lipinski definition) is 4. The minimum absolute atomic E-state index is 0.314. The molecule has 0 fully saturated rings. The van der Waals surface area contributed by atoms with Crippen LogP contribution in [0.2, 0.25) is 0 Å². The molecule has 112 valence electrons. The normalized spacial score (nSPS) is 16.5. The third-order valence-corrected chi connectivity index (χ3v) is 5.32. The van der Waals surface area contributed by atoms with Crippen molar-refractivity contribution in [3.05, 3.63) is 51.7 Å². The van der Waals surface area contributed by atoms with Crippen molar-refractivity contribution in [1.82, 2.24) is 4.90 Å². The van der Waals surface area contributed by atoms with Crippen molar-refractivity contribution in [2.45, 2.75) is 19.0 Å². The minimum atomic E-state index is 0.314. The number of rotatable bonds is 4. The summed E-state index contributed by atoms with van der Waals surface area (Å²) in [7, 11) is 4.14. The van der Waals surface area contributed by atoms with Gasteiger partial charge in [-0.2, -0.15) is 0 Å². The number of hydrogen-bond donors (Lipinski definition) is 1. The van der Waals surface area contributed by atoms with Crippen LogP contribution in [0.5, 0.6) is 0 Å². The molecular formula is C17H23N3S. The SMILES string of the molecule is CN(C)c1ccc(C(CN)N2CCc3sccc3C2)cc1. The van der Waals surface area contributed by atoms with Gasteiger partial charge < -0.3 is 10.6 Å². The summed E-state index contributed by atoms with van der Waals surface area (Å²) in [6.07, 6.45) is 1.15. The van der Waals surface area contributed by atoms with Crippen LogP contribution in [0, 0.1) is 0 Å². The Kier molecular flexibility index (Phi) is 4.29. The fourth-order valence-electron chi connectivity index (χ4n) is 3.03. The van der Waals surface area contributed by atoms with Gasteiger partial charge in [-0.1, -0.05) is 12.1 Å². The standard InChI is InChI=1S/C17H23N3S/c1-19(2)15-5-3-13(4-6-15)16(11-18)20-9-7-17-14(12-20)8-10-21-17/h3-6,8,10,16H,7,9,11-12,18H2,1-2H3. The molecule has 2 heterocycles. The van der Waals surface area contributed by atoms with Gasteiger partial charge in [-0.3, -0.25) is 4.90 Å². The highest BCUT2D eigenvalue weighted by Gasteiger charge is 2.24. The maximum atomic E-state index is 6.08. The first-order chi connectivity index (χ1) is 10.2. The fourth-order valence-corrected chi connectivity index (χ4v) is 3.92. The lowest BCUT2D eigenvalue weighted by atomic mass is 10.0. The van der Waals surface area contributed by atoms with Crippen molar-refractivity contribution in [3.8, 4) is 0 Å². The van der Waals surface area contributed by atoms with Crippen LogP contribution in [0.3, 0.4) is 0 Å². The van der Waals surface area contributed by atoms with Crippen LogP contribution in [-0.2, 0) is 13.0 Å². The molecule has 3 nitrogen and oxygen atoms in total. The summed E-state index contributed by atoms with van der Waals surface area (Å²) in [6, 6.07) is 11.4. The Labute approximate surface area is 131 Å². The molecule has 1 aliphatic heterocycles. The van der Waals surface area contributed by atoms with Gasteiger partial charge in [0.15, 0.2) is 0 Å². The lowest BCUT2D eigenvalue weighted by molar-refractivity contribution is 0.185. The van der Waals surface area contributed by atoms with Crippen LogP contribution in [0.4, 0.5) is 5.69 Å². The van der Waals surface area contributed by atoms with Crippen molar-refractivity contribution >= 4 is 17.0 Å². The monoisotopic (exact) mass is 301 g/mol. The van der Waals surface area contributed by atoms with Crippen molar-refractivity contribution in [3.63, 3.8) is 0 Å². The summed E-state index contributed by atoms with van der Waals surface area (Å²) in [4.78, 5) is 6.18. The van der Waals surface area contributed by atoms with Gasteiger partial charge in [0.25, 0.3) is 0 Å². The number of nitrogens with two attached hydrogens (primary N) is 1. The predicted molar refractivity (Wildman–Crippen MR) is 91.0 cm³/mol. The number of thiophene rings is 1. The summed E-state index contributed by atoms with van der Waals surface area (Å²) in [5, 5.41) is 2.21. The zero-order valence-corrected chi connectivity index (χ0v) is 13.6. The summed E-state index contributed by atoms with van der Waals surface area (Å²) in [6.45, 7) is 2.79. The van der Waals surface area contributed by atoms with Gasteiger partial charge in [0.2, 0.25) is 0 Å². The molecule has 3 rings (SSSR count). The molecule has 1 aliphatic rings. The van der Waals surface area contributed by atoms with E-state index in [2.05, 4.69) is 59.6 Å². The number of nitrogens with zero attached hydrogens (tertiary/aromatic N) is 2. The Bertz CT molecular complexity index is 588. The van der Waals surface area contributed by atoms with Crippen LogP contribution in [0.1, 0.15) is 22.0 Å². The third kappa shape index (κ3) is 2.98. The first-order valence-corrected chi connectivity index (χ1v) is 8.33. The molecule has 0 saturated heterocycles. The molecule has 0 bridgehead atoms. The summed E-state index contributed by atoms with van der Waals surface area (Å²) < 4.78 is 0. The van der Waals surface area contributed by atoms with Crippen LogP contribution < -0.4 is 10.6 Å². The van der Waals surface area contributed by atoms with Crippen LogP contribution in [0.15, 0.2) is 35.7 Å². The van der Waals surface area contributed by atoms with Gasteiger partial charge in [0.1, 0.15) is 0 Å². The Hall–Kier alpha value is -1.36. The second-order valence-electron chi connectivity index (χ2n) is 5.83. The van der Waals surface area contributed by atoms with Gasteiger partial charge in [-0.25, -0.2) is 0 Å². The molecule has 0 radical (unpaired) electrons. The van der Waals surface area contributed by atoms with E-state index in [1.165, 1.54) is 16.8 Å². The number of benzene rings is 1. The second kappa shape index (κ2) is 6.18. The van der Waals surface area contributed by atoms with E-state index in [0.29, 0.717) is 12.6 Å². The largest absolute Gasteiger partial charge is 0.378 e. The van der Waals surface area contributed by atoms with Crippen LogP contribution >= 0.6 is 11.3 Å². The number of fused-ring (bicyclic) bond motifs is 1. The highest BCUT2D eigenvalue weighted by molar-refractivity contribution is 7.10. The van der Waals surface area contributed by atoms with E-state index in [1.54, 1.807) is 4.88 Å². The molecule has 0 saturated carbocycles. The highest BCUT2D eigenvalue weighted by Crippen LogP contribution is 2.30. The first kappa shape index (κ1) is 14.6. The van der Waals surface area contributed by atoms with Crippen molar-refractivity contribution in [1.29, 1.82) is 0 Å². The average Bonchev–Trinajstić information content (AvgIpc) is 2.96. The third-order valence-electron chi connectivity index (χ3n) is 4.30. The van der Waals surface area contributed by atoms with E-state index in [1.807, 2.05) is 11.3 Å². The Balaban J connectivity index is 1.79. The lowest BCUT2D eigenvalue weighted by Gasteiger charge is -2.34. The van der Waals surface area contributed by atoms with Crippen LogP contribution in [0.25, 0.3) is 0 Å². The molecule has 0 aliphatic carbocycles. The van der Waals surface area contributed by atoms with Gasteiger partial charge >= 0.3 is 0 Å². The van der Waals surface area contributed by atoms with E-state index in [4.69, 9.17) is 5.73 Å². The first-order valence-electron chi connectivity index (χ1n) is 7.45. The molecule has 2 N–H and O–H groups in total. The molecule has 1 atom stereocenters. The van der Waals surface area contributed by atoms with Crippen molar-refractivity contribution in [2.75, 3.05) is 32.1 Å². The second-order valence-corrected chi connectivity index (χ2v) is 6.83. The summed E-state index contributed by atoms with van der Waals surface area (Å²) in [5.74, 6) is 0. The molecule has 1 unspecified atom stereocenters. The topological polar surface area (TPSA) is 32.5 Å². The van der Waals surface area contributed by atoms with Crippen molar-refractivity contribution in [2.24, 2.45) is 5.73 Å². The Morgan fingerprint density at radius 1 is 1.24 bits per heavy atom. The van der Waals surface area contributed by atoms with E-state index >= 15 is 0 Å². The zero-order valence-electron chi connectivity index (χ0n) is 12.7. The van der Waals surface area contributed by atoms with Gasteiger partial charge in [0.05, 0.1) is 0 Å². The quantitative estimate of drug-likeness (QED) is 0.942. The molecule has 4 heteroatoms. The molecule has 21 heavy (non-hydrogen) atoms. The Morgan fingerprint density at radius 2 is 2.00 bits per heavy atom. The maximum Gasteiger partial charge on any atom is 0.0474 e. The molecular weight excluding hydrogens is 278 g/mol. The molecule has 1 aromatic carbocycles. The van der Waals surface area contributed by atoms with Crippen LogP contribution in [-0.4, -0.2) is 32.1 Å². The van der Waals surface area contributed by atoms with Gasteiger partial charge in [-0.05, 0) is 41.1 Å². The molecule has 0 spiro atoms. The van der Waals surface area contributed by atoms with E-state index in [-0.39, 0.29) is 0 Å². The lowest BCUT2D eigenvalue weighted by Crippen LogP contribution is -2.37. The molecule has 0 amide bonds. The summed E-state index contributed by atoms with van der Waals surface area (Å²) >= 11 is 1.88. The van der Waals surface area contributed by atoms with E-state index < -0.39 is 0 Å². The Morgan fingerprint density at radius 3 is 2.67 bits per heavy atom. The molecule has 2 aromatic rings. The van der Waals surface area contributed by atoms with Crippen molar-refractivity contribution < 1.29 is 0 Å². The highest BCUT2D eigenvalue weighted by atomic mass is 32.1.